The highest BCUT2D eigenvalue weighted by Crippen LogP contribution is 2.57. The quantitative estimate of drug-likeness (QED) is 0.480. The molecule has 1 N–H and O–H groups in total. The van der Waals surface area contributed by atoms with Crippen LogP contribution in [0.4, 0.5) is 5.82 Å². The number of carbonyl (C=O) groups is 1. The molecule has 3 aromatic rings. The summed E-state index contributed by atoms with van der Waals surface area (Å²) in [7, 11) is 3.98. The fraction of sp³-hybridized carbons (Fsp3) is 0.424. The Morgan fingerprint density at radius 2 is 2.08 bits per heavy atom. The average Bonchev–Trinajstić information content (AvgIpc) is 3.59. The van der Waals surface area contributed by atoms with Gasteiger partial charge in [-0.1, -0.05) is 30.3 Å². The van der Waals surface area contributed by atoms with E-state index < -0.39 is 0 Å². The molecule has 1 spiro atoms. The molecule has 2 aliphatic carbocycles. The van der Waals surface area contributed by atoms with Crippen molar-refractivity contribution in [3.8, 4) is 22.9 Å². The summed E-state index contributed by atoms with van der Waals surface area (Å²) in [5, 5.41) is 23.3. The third-order valence-corrected chi connectivity index (χ3v) is 9.41. The molecule has 0 unspecified atom stereocenters. The maximum Gasteiger partial charge on any atom is 0.246 e. The van der Waals surface area contributed by atoms with Crippen molar-refractivity contribution in [2.24, 2.45) is 11.3 Å². The summed E-state index contributed by atoms with van der Waals surface area (Å²) in [5.74, 6) is 2.24. The monoisotopic (exact) mass is 533 g/mol. The Morgan fingerprint density at radius 3 is 2.88 bits per heavy atom. The molecule has 2 aromatic carbocycles. The fourth-order valence-corrected chi connectivity index (χ4v) is 7.32. The van der Waals surface area contributed by atoms with E-state index in [4.69, 9.17) is 4.98 Å². The molecule has 0 bridgehead atoms. The number of phenolic OH excluding ortho intramolecular Hbond substituents is 1. The second-order valence-corrected chi connectivity index (χ2v) is 12.5. The lowest BCUT2D eigenvalue weighted by molar-refractivity contribution is -0.136. The normalized spacial score (nSPS) is 22.4. The number of pyridine rings is 1. The molecule has 204 valence electrons. The number of hydrogen-bond acceptors (Lipinski definition) is 6. The van der Waals surface area contributed by atoms with E-state index in [-0.39, 0.29) is 17.1 Å². The number of benzene rings is 2. The zero-order valence-corrected chi connectivity index (χ0v) is 23.2. The van der Waals surface area contributed by atoms with Gasteiger partial charge in [0.2, 0.25) is 5.91 Å². The lowest BCUT2D eigenvalue weighted by Crippen LogP contribution is -2.59. The van der Waals surface area contributed by atoms with Gasteiger partial charge in [-0.2, -0.15) is 5.26 Å². The number of anilines is 1. The number of nitrogens with zero attached hydrogens (tertiary/aromatic N) is 5. The predicted molar refractivity (Wildman–Crippen MR) is 156 cm³/mol. The van der Waals surface area contributed by atoms with Gasteiger partial charge in [0.05, 0.1) is 5.69 Å². The Balaban J connectivity index is 1.25. The van der Waals surface area contributed by atoms with Crippen molar-refractivity contribution >= 4 is 22.5 Å². The topological polar surface area (TPSA) is 83.7 Å². The van der Waals surface area contributed by atoms with E-state index in [0.29, 0.717) is 17.4 Å². The van der Waals surface area contributed by atoms with Crippen LogP contribution >= 0.6 is 0 Å². The van der Waals surface area contributed by atoms with Gasteiger partial charge in [-0.3, -0.25) is 4.79 Å². The van der Waals surface area contributed by atoms with Gasteiger partial charge in [-0.15, -0.1) is 0 Å². The molecule has 2 atom stereocenters. The van der Waals surface area contributed by atoms with Crippen LogP contribution in [0.5, 0.6) is 5.75 Å². The van der Waals surface area contributed by atoms with Gasteiger partial charge in [0.15, 0.2) is 0 Å². The molecule has 1 amide bonds. The molecule has 4 aliphatic rings. The highest BCUT2D eigenvalue weighted by Gasteiger charge is 2.50. The highest BCUT2D eigenvalue weighted by molar-refractivity contribution is 6.01. The minimum absolute atomic E-state index is 0.0509. The largest absolute Gasteiger partial charge is 0.508 e. The van der Waals surface area contributed by atoms with Gasteiger partial charge in [0, 0.05) is 55.7 Å². The van der Waals surface area contributed by atoms with E-state index in [1.54, 1.807) is 12.1 Å². The molecule has 2 aliphatic heterocycles. The Hall–Kier alpha value is -3.89. The molecule has 7 heteroatoms. The Bertz CT molecular complexity index is 1600. The van der Waals surface area contributed by atoms with Crippen molar-refractivity contribution in [3.05, 3.63) is 65.4 Å². The third kappa shape index (κ3) is 4.13. The van der Waals surface area contributed by atoms with E-state index in [0.717, 1.165) is 85.4 Å². The van der Waals surface area contributed by atoms with E-state index in [1.165, 1.54) is 12.0 Å². The van der Waals surface area contributed by atoms with E-state index in [9.17, 15) is 15.2 Å². The number of fused-ring (bicyclic) bond motifs is 4. The number of hydrogen-bond donors (Lipinski definition) is 1. The van der Waals surface area contributed by atoms with Crippen LogP contribution in [0.2, 0.25) is 0 Å². The van der Waals surface area contributed by atoms with Crippen LogP contribution in [0.1, 0.15) is 42.0 Å². The first-order valence-corrected chi connectivity index (χ1v) is 14.4. The lowest BCUT2D eigenvalue weighted by Gasteiger charge is -2.47. The number of likely N-dealkylation sites (tertiary alicyclic amines) is 1. The van der Waals surface area contributed by atoms with Gasteiger partial charge < -0.3 is 19.8 Å². The first kappa shape index (κ1) is 25.1. The molecular formula is C33H35N5O2. The van der Waals surface area contributed by atoms with E-state index in [1.807, 2.05) is 54.2 Å². The molecule has 40 heavy (non-hydrogen) atoms. The number of amides is 1. The summed E-state index contributed by atoms with van der Waals surface area (Å²) in [5.41, 5.74) is 4.89. The van der Waals surface area contributed by atoms with Crippen LogP contribution in [0, 0.1) is 22.7 Å². The summed E-state index contributed by atoms with van der Waals surface area (Å²) in [6.45, 7) is 3.87. The zero-order chi connectivity index (χ0) is 27.6. The summed E-state index contributed by atoms with van der Waals surface area (Å²) < 4.78 is 0. The van der Waals surface area contributed by atoms with E-state index in [2.05, 4.69) is 17.0 Å². The summed E-state index contributed by atoms with van der Waals surface area (Å²) in [6, 6.07) is 14.3. The van der Waals surface area contributed by atoms with Gasteiger partial charge in [0.1, 0.15) is 23.2 Å². The third-order valence-electron chi connectivity index (χ3n) is 9.41. The Labute approximate surface area is 235 Å². The number of likely N-dealkylation sites (N-methyl/N-ethyl adjacent to an activating group) is 1. The highest BCUT2D eigenvalue weighted by atomic mass is 16.3. The van der Waals surface area contributed by atoms with E-state index >= 15 is 0 Å². The van der Waals surface area contributed by atoms with Gasteiger partial charge in [-0.05, 0) is 79.7 Å². The standard InChI is InChI=1S/C33H35N5O2/c1-36(2)12-5-8-29(40)38-19-33(20-38)11-13-37(18-33)32-28(17-34)30(25-10-9-22-15-26(22)31(25)35-32)27-16-23(39)14-21-6-3-4-7-24(21)27/h3-8,14,16,22,26,39H,9-13,15,18-20H2,1-2H3/b8-5+/t22-,26+/m0/s1. The van der Waals surface area contributed by atoms with Crippen LogP contribution in [0.15, 0.2) is 48.6 Å². The molecule has 1 saturated carbocycles. The summed E-state index contributed by atoms with van der Waals surface area (Å²) >= 11 is 0. The Kier molecular flexibility index (Phi) is 5.87. The molecular weight excluding hydrogens is 498 g/mol. The van der Waals surface area contributed by atoms with Crippen molar-refractivity contribution < 1.29 is 9.90 Å². The number of aromatic nitrogens is 1. The minimum Gasteiger partial charge on any atom is -0.508 e. The zero-order valence-electron chi connectivity index (χ0n) is 23.2. The van der Waals surface area contributed by atoms with Gasteiger partial charge in [0.25, 0.3) is 0 Å². The molecule has 2 saturated heterocycles. The molecule has 0 radical (unpaired) electrons. The van der Waals surface area contributed by atoms with Crippen molar-refractivity contribution in [2.75, 3.05) is 51.7 Å². The number of phenols is 1. The molecule has 3 heterocycles. The van der Waals surface area contributed by atoms with Crippen molar-refractivity contribution in [1.82, 2.24) is 14.8 Å². The maximum absolute atomic E-state index is 12.7. The minimum atomic E-state index is 0.0509. The average molecular weight is 534 g/mol. The fourth-order valence-electron chi connectivity index (χ4n) is 7.32. The number of aromatic hydroxyl groups is 1. The molecule has 1 aromatic heterocycles. The second-order valence-electron chi connectivity index (χ2n) is 12.5. The number of rotatable bonds is 5. The molecule has 7 rings (SSSR count). The van der Waals surface area contributed by atoms with Crippen LogP contribution in [-0.2, 0) is 11.2 Å². The smallest absolute Gasteiger partial charge is 0.246 e. The summed E-state index contributed by atoms with van der Waals surface area (Å²) in [6.07, 6.45) is 7.82. The summed E-state index contributed by atoms with van der Waals surface area (Å²) in [4.78, 5) is 24.2. The van der Waals surface area contributed by atoms with Crippen LogP contribution in [0.25, 0.3) is 21.9 Å². The lowest BCUT2D eigenvalue weighted by atomic mass is 9.79. The Morgan fingerprint density at radius 1 is 1.25 bits per heavy atom. The predicted octanol–water partition coefficient (Wildman–Crippen LogP) is 4.69. The molecule has 3 fully saturated rings. The van der Waals surface area contributed by atoms with Gasteiger partial charge in [-0.25, -0.2) is 4.98 Å². The van der Waals surface area contributed by atoms with Crippen LogP contribution < -0.4 is 4.90 Å². The molecule has 7 nitrogen and oxygen atoms in total. The first-order valence-electron chi connectivity index (χ1n) is 14.4. The maximum atomic E-state index is 12.7. The number of carbonyl (C=O) groups excluding carboxylic acids is 1. The van der Waals surface area contributed by atoms with Crippen molar-refractivity contribution in [3.63, 3.8) is 0 Å². The SMILES string of the molecule is CN(C)C/C=C/C(=O)N1CC2(CCN(c3nc4c(c(-c5cc(O)cc6ccccc56)c3C#N)CC[C@H]3C[C@@H]43)C2)C1. The first-order chi connectivity index (χ1) is 19.4. The van der Waals surface area contributed by atoms with Crippen molar-refractivity contribution in [2.45, 2.75) is 31.6 Å². The second kappa shape index (κ2) is 9.35. The number of nitriles is 1. The van der Waals surface area contributed by atoms with Crippen LogP contribution in [-0.4, -0.2) is 72.6 Å². The van der Waals surface area contributed by atoms with Gasteiger partial charge >= 0.3 is 0 Å². The van der Waals surface area contributed by atoms with Crippen LogP contribution in [0.3, 0.4) is 0 Å². The van der Waals surface area contributed by atoms with Crippen molar-refractivity contribution in [1.29, 1.82) is 5.26 Å².